The van der Waals surface area contributed by atoms with Gasteiger partial charge in [-0.2, -0.15) is 0 Å². The Bertz CT molecular complexity index is 1150. The van der Waals surface area contributed by atoms with Crippen molar-refractivity contribution in [3.8, 4) is 22.6 Å². The molecule has 0 aliphatic rings. The van der Waals surface area contributed by atoms with Crippen molar-refractivity contribution in [2.24, 2.45) is 0 Å². The number of carboxylic acids is 1. The van der Waals surface area contributed by atoms with Gasteiger partial charge >= 0.3 is 12.0 Å². The van der Waals surface area contributed by atoms with Crippen LogP contribution in [0, 0.1) is 0 Å². The number of methoxy groups -OCH3 is 2. The molecule has 41 heavy (non-hydrogen) atoms. The van der Waals surface area contributed by atoms with Crippen molar-refractivity contribution in [1.29, 1.82) is 0 Å². The van der Waals surface area contributed by atoms with Crippen LogP contribution in [0.1, 0.15) is 42.3 Å². The third kappa shape index (κ3) is 12.1. The molecule has 0 fully saturated rings. The number of aliphatic carboxylic acids is 1. The molecule has 0 saturated carbocycles. The molecule has 0 aliphatic carbocycles. The van der Waals surface area contributed by atoms with E-state index in [1.807, 2.05) is 20.8 Å². The number of carboxylic acid groups (broad SMARTS) is 1. The molecule has 3 N–H and O–H groups in total. The quantitative estimate of drug-likeness (QED) is 0.137. The Balaban J connectivity index is 2.53. The molecule has 2 amide bonds. The zero-order valence-corrected chi connectivity index (χ0v) is 24.2. The number of rotatable bonds is 18. The van der Waals surface area contributed by atoms with Crippen LogP contribution in [-0.4, -0.2) is 83.2 Å². The van der Waals surface area contributed by atoms with Gasteiger partial charge in [-0.25, -0.2) is 4.79 Å². The van der Waals surface area contributed by atoms with Gasteiger partial charge in [0.05, 0.1) is 38.4 Å². The maximum atomic E-state index is 12.3. The van der Waals surface area contributed by atoms with Gasteiger partial charge in [-0.05, 0) is 56.2 Å². The predicted molar refractivity (Wildman–Crippen MR) is 150 cm³/mol. The summed E-state index contributed by atoms with van der Waals surface area (Å²) >= 11 is 0. The van der Waals surface area contributed by atoms with Crippen molar-refractivity contribution in [2.45, 2.75) is 39.3 Å². The third-order valence-corrected chi connectivity index (χ3v) is 5.38. The Labute approximate surface area is 240 Å². The minimum Gasteiger partial charge on any atom is -0.481 e. The fourth-order valence-electron chi connectivity index (χ4n) is 3.64. The highest BCUT2D eigenvalue weighted by atomic mass is 16.7. The first-order chi connectivity index (χ1) is 19.6. The van der Waals surface area contributed by atoms with E-state index in [1.54, 1.807) is 38.5 Å². The minimum absolute atomic E-state index is 0.0897. The van der Waals surface area contributed by atoms with Gasteiger partial charge in [0.1, 0.15) is 11.5 Å². The number of aldehydes is 1. The SMILES string of the molecule is COCCOCOc1ccc(CNC(=O)NC(C)(C)C)cc1-c1cc(CC(=O)O)cc(C=O)c1OCOCCOC. The van der Waals surface area contributed by atoms with Crippen molar-refractivity contribution in [1.82, 2.24) is 10.6 Å². The number of ether oxygens (including phenoxy) is 6. The zero-order chi connectivity index (χ0) is 30.3. The summed E-state index contributed by atoms with van der Waals surface area (Å²) in [5.41, 5.74) is 1.74. The van der Waals surface area contributed by atoms with Crippen molar-refractivity contribution in [3.05, 3.63) is 47.0 Å². The average Bonchev–Trinajstić information content (AvgIpc) is 2.91. The largest absolute Gasteiger partial charge is 0.481 e. The van der Waals surface area contributed by atoms with Gasteiger partial charge < -0.3 is 44.2 Å². The van der Waals surface area contributed by atoms with Gasteiger partial charge in [-0.15, -0.1) is 0 Å². The van der Waals surface area contributed by atoms with Gasteiger partial charge in [0.2, 0.25) is 0 Å². The maximum Gasteiger partial charge on any atom is 0.315 e. The fraction of sp³-hybridized carbons (Fsp3) is 0.483. The second-order valence-electron chi connectivity index (χ2n) is 9.96. The zero-order valence-electron chi connectivity index (χ0n) is 24.2. The van der Waals surface area contributed by atoms with E-state index >= 15 is 0 Å². The second kappa shape index (κ2) is 17.2. The number of benzene rings is 2. The molecule has 12 heteroatoms. The summed E-state index contributed by atoms with van der Waals surface area (Å²) in [6.45, 7) is 6.87. The van der Waals surface area contributed by atoms with Crippen molar-refractivity contribution >= 4 is 18.3 Å². The average molecular weight is 577 g/mol. The lowest BCUT2D eigenvalue weighted by Gasteiger charge is -2.21. The van der Waals surface area contributed by atoms with Gasteiger partial charge in [-0.1, -0.05) is 6.07 Å². The van der Waals surface area contributed by atoms with E-state index in [1.165, 1.54) is 6.07 Å². The first-order valence-corrected chi connectivity index (χ1v) is 13.0. The second-order valence-corrected chi connectivity index (χ2v) is 9.96. The molecule has 2 aromatic rings. The van der Waals surface area contributed by atoms with E-state index in [0.717, 1.165) is 5.56 Å². The monoisotopic (exact) mass is 576 g/mol. The molecule has 0 heterocycles. The maximum absolute atomic E-state index is 12.3. The molecule has 0 bridgehead atoms. The summed E-state index contributed by atoms with van der Waals surface area (Å²) in [7, 11) is 3.11. The molecule has 2 aromatic carbocycles. The van der Waals surface area contributed by atoms with E-state index in [4.69, 9.17) is 28.4 Å². The number of carbonyl (C=O) groups excluding carboxylic acids is 2. The van der Waals surface area contributed by atoms with E-state index in [9.17, 15) is 19.5 Å². The first kappa shape index (κ1) is 33.5. The number of amides is 2. The van der Waals surface area contributed by atoms with Gasteiger partial charge in [0.25, 0.3) is 0 Å². The van der Waals surface area contributed by atoms with Gasteiger partial charge in [0, 0.05) is 37.4 Å². The standard InChI is InChI=1S/C29H40N2O10/c1-29(2,3)31-28(35)30-16-20-6-7-25(40-18-38-10-8-36-4)23(13-20)24-14-21(15-26(33)34)12-22(17-32)27(24)41-19-39-11-9-37-5/h6-7,12-14,17H,8-11,15-16,18-19H2,1-5H3,(H,33,34)(H2,30,31,35). The van der Waals surface area contributed by atoms with E-state index in [0.29, 0.717) is 48.5 Å². The van der Waals surface area contributed by atoms with Gasteiger partial charge in [0.15, 0.2) is 19.9 Å². The third-order valence-electron chi connectivity index (χ3n) is 5.38. The Morgan fingerprint density at radius 3 is 2.10 bits per heavy atom. The fourth-order valence-corrected chi connectivity index (χ4v) is 3.64. The minimum atomic E-state index is -1.06. The number of hydrogen-bond donors (Lipinski definition) is 3. The topological polar surface area (TPSA) is 151 Å². The van der Waals surface area contributed by atoms with Crippen LogP contribution in [0.2, 0.25) is 0 Å². The lowest BCUT2D eigenvalue weighted by atomic mass is 9.95. The van der Waals surface area contributed by atoms with Crippen LogP contribution in [0.15, 0.2) is 30.3 Å². The molecule has 226 valence electrons. The molecule has 0 aromatic heterocycles. The van der Waals surface area contributed by atoms with E-state index in [-0.39, 0.29) is 50.5 Å². The molecule has 0 radical (unpaired) electrons. The number of urea groups is 1. The van der Waals surface area contributed by atoms with E-state index in [2.05, 4.69) is 10.6 Å². The van der Waals surface area contributed by atoms with Crippen molar-refractivity contribution < 1.29 is 47.9 Å². The predicted octanol–water partition coefficient (Wildman–Crippen LogP) is 3.39. The summed E-state index contributed by atoms with van der Waals surface area (Å²) in [5.74, 6) is -0.484. The molecule has 2 rings (SSSR count). The number of carbonyl (C=O) groups is 3. The number of nitrogens with one attached hydrogen (secondary N) is 2. The van der Waals surface area contributed by atoms with Crippen LogP contribution >= 0.6 is 0 Å². The normalized spacial score (nSPS) is 11.1. The van der Waals surface area contributed by atoms with Crippen LogP contribution in [0.3, 0.4) is 0 Å². The summed E-state index contributed by atoms with van der Waals surface area (Å²) in [6, 6.07) is 8.01. The summed E-state index contributed by atoms with van der Waals surface area (Å²) in [5, 5.41) is 15.1. The Morgan fingerprint density at radius 1 is 0.878 bits per heavy atom. The molecule has 0 atom stereocenters. The molecule has 12 nitrogen and oxygen atoms in total. The molecule has 0 saturated heterocycles. The van der Waals surface area contributed by atoms with Crippen LogP contribution in [0.5, 0.6) is 11.5 Å². The van der Waals surface area contributed by atoms with Gasteiger partial charge in [-0.3, -0.25) is 9.59 Å². The smallest absolute Gasteiger partial charge is 0.315 e. The first-order valence-electron chi connectivity index (χ1n) is 13.0. The Hall–Kier alpha value is -3.71. The van der Waals surface area contributed by atoms with Crippen molar-refractivity contribution in [2.75, 3.05) is 54.2 Å². The molecular formula is C29H40N2O10. The van der Waals surface area contributed by atoms with Crippen molar-refractivity contribution in [3.63, 3.8) is 0 Å². The highest BCUT2D eigenvalue weighted by Crippen LogP contribution is 2.40. The number of hydrogen-bond acceptors (Lipinski definition) is 9. The molecule has 0 spiro atoms. The summed E-state index contributed by atoms with van der Waals surface area (Å²) in [4.78, 5) is 36.0. The van der Waals surface area contributed by atoms with Crippen LogP contribution in [0.25, 0.3) is 11.1 Å². The highest BCUT2D eigenvalue weighted by Gasteiger charge is 2.20. The van der Waals surface area contributed by atoms with Crippen LogP contribution in [0.4, 0.5) is 4.79 Å². The summed E-state index contributed by atoms with van der Waals surface area (Å²) < 4.78 is 32.7. The molecular weight excluding hydrogens is 536 g/mol. The Kier molecular flexibility index (Phi) is 14.0. The molecule has 0 aliphatic heterocycles. The lowest BCUT2D eigenvalue weighted by Crippen LogP contribution is -2.46. The van der Waals surface area contributed by atoms with Crippen LogP contribution < -0.4 is 20.1 Å². The Morgan fingerprint density at radius 2 is 1.51 bits per heavy atom. The lowest BCUT2D eigenvalue weighted by molar-refractivity contribution is -0.136. The van der Waals surface area contributed by atoms with E-state index < -0.39 is 11.5 Å². The summed E-state index contributed by atoms with van der Waals surface area (Å²) in [6.07, 6.45) is 0.277. The molecule has 0 unspecified atom stereocenters. The highest BCUT2D eigenvalue weighted by molar-refractivity contribution is 5.89. The van der Waals surface area contributed by atoms with Crippen LogP contribution in [-0.2, 0) is 36.7 Å².